The average molecular weight is 427 g/mol. The number of pyridine rings is 2. The average Bonchev–Trinajstić information content (AvgIpc) is 2.71. The predicted octanol–water partition coefficient (Wildman–Crippen LogP) is 6.46. The molecule has 3 nitrogen and oxygen atoms in total. The summed E-state index contributed by atoms with van der Waals surface area (Å²) in [5.74, 6) is -0.774. The number of fused-ring (bicyclic) bond motifs is 1. The molecule has 0 aliphatic rings. The highest BCUT2D eigenvalue weighted by atomic mass is 35.5. The molecule has 6 heteroatoms. The SMILES string of the molecule is Cc1cc(Cl)cnc1CC(c1ccc(Cl)c(F)c1)c1ccc2cccnc2c1O. The zero-order valence-electron chi connectivity index (χ0n) is 15.5. The summed E-state index contributed by atoms with van der Waals surface area (Å²) in [7, 11) is 0. The number of hydrogen-bond donors (Lipinski definition) is 1. The topological polar surface area (TPSA) is 46.0 Å². The van der Waals surface area contributed by atoms with E-state index in [2.05, 4.69) is 9.97 Å². The lowest BCUT2D eigenvalue weighted by atomic mass is 9.85. The second kappa shape index (κ2) is 7.97. The maximum atomic E-state index is 14.2. The van der Waals surface area contributed by atoms with E-state index in [0.717, 1.165) is 16.6 Å². The van der Waals surface area contributed by atoms with Gasteiger partial charge in [0.15, 0.2) is 0 Å². The van der Waals surface area contributed by atoms with Crippen molar-refractivity contribution in [2.24, 2.45) is 0 Å². The summed E-state index contributed by atoms with van der Waals surface area (Å²) in [5.41, 5.74) is 3.58. The lowest BCUT2D eigenvalue weighted by molar-refractivity contribution is 0.469. The maximum Gasteiger partial charge on any atom is 0.145 e. The van der Waals surface area contributed by atoms with Gasteiger partial charge in [-0.1, -0.05) is 47.5 Å². The lowest BCUT2D eigenvalue weighted by Crippen LogP contribution is -2.09. The molecule has 4 aromatic rings. The molecule has 2 aromatic carbocycles. The van der Waals surface area contributed by atoms with Crippen molar-refractivity contribution in [3.05, 3.63) is 99.2 Å². The van der Waals surface area contributed by atoms with Gasteiger partial charge in [0.25, 0.3) is 0 Å². The molecule has 0 saturated heterocycles. The van der Waals surface area contributed by atoms with Crippen molar-refractivity contribution in [1.82, 2.24) is 9.97 Å². The van der Waals surface area contributed by atoms with Crippen LogP contribution >= 0.6 is 23.2 Å². The number of rotatable bonds is 4. The number of aromatic hydroxyl groups is 1. The van der Waals surface area contributed by atoms with Crippen LogP contribution in [0.1, 0.15) is 28.3 Å². The van der Waals surface area contributed by atoms with E-state index in [-0.39, 0.29) is 16.7 Å². The van der Waals surface area contributed by atoms with E-state index in [0.29, 0.717) is 28.1 Å². The molecule has 146 valence electrons. The molecule has 1 atom stereocenters. The Morgan fingerprint density at radius 2 is 1.90 bits per heavy atom. The van der Waals surface area contributed by atoms with Gasteiger partial charge in [-0.3, -0.25) is 9.97 Å². The molecule has 1 N–H and O–H groups in total. The van der Waals surface area contributed by atoms with Gasteiger partial charge < -0.3 is 5.11 Å². The minimum atomic E-state index is -0.506. The number of hydrogen-bond acceptors (Lipinski definition) is 3. The van der Waals surface area contributed by atoms with Gasteiger partial charge >= 0.3 is 0 Å². The van der Waals surface area contributed by atoms with Gasteiger partial charge in [-0.2, -0.15) is 0 Å². The fourth-order valence-electron chi connectivity index (χ4n) is 3.54. The number of phenolic OH excluding ortho intramolecular Hbond substituents is 1. The Hall–Kier alpha value is -2.69. The first kappa shape index (κ1) is 19.6. The first-order valence-corrected chi connectivity index (χ1v) is 9.82. The second-order valence-electron chi connectivity index (χ2n) is 6.93. The molecular formula is C23H17Cl2FN2O. The number of phenols is 1. The molecule has 0 spiro atoms. The highest BCUT2D eigenvalue weighted by Crippen LogP contribution is 2.38. The Morgan fingerprint density at radius 1 is 1.07 bits per heavy atom. The highest BCUT2D eigenvalue weighted by molar-refractivity contribution is 6.30. The van der Waals surface area contributed by atoms with Crippen molar-refractivity contribution < 1.29 is 9.50 Å². The van der Waals surface area contributed by atoms with E-state index in [1.165, 1.54) is 12.1 Å². The van der Waals surface area contributed by atoms with Gasteiger partial charge in [0.05, 0.1) is 10.0 Å². The van der Waals surface area contributed by atoms with Gasteiger partial charge in [0.1, 0.15) is 17.1 Å². The molecule has 4 rings (SSSR count). The van der Waals surface area contributed by atoms with E-state index in [4.69, 9.17) is 23.2 Å². The Morgan fingerprint density at radius 3 is 2.66 bits per heavy atom. The van der Waals surface area contributed by atoms with Crippen LogP contribution in [0, 0.1) is 12.7 Å². The fourth-order valence-corrected chi connectivity index (χ4v) is 3.87. The quantitative estimate of drug-likeness (QED) is 0.406. The smallest absolute Gasteiger partial charge is 0.145 e. The van der Waals surface area contributed by atoms with Crippen LogP contribution in [0.15, 0.2) is 60.9 Å². The summed E-state index contributed by atoms with van der Waals surface area (Å²) in [6, 6.07) is 14.0. The van der Waals surface area contributed by atoms with Gasteiger partial charge in [0.2, 0.25) is 0 Å². The molecule has 2 aromatic heterocycles. The maximum absolute atomic E-state index is 14.2. The normalized spacial score (nSPS) is 12.3. The second-order valence-corrected chi connectivity index (χ2v) is 7.77. The number of aromatic nitrogens is 2. The molecule has 0 fully saturated rings. The summed E-state index contributed by atoms with van der Waals surface area (Å²) in [4.78, 5) is 8.76. The Balaban J connectivity index is 1.88. The van der Waals surface area contributed by atoms with Crippen LogP contribution in [0.4, 0.5) is 4.39 Å². The van der Waals surface area contributed by atoms with Crippen molar-refractivity contribution >= 4 is 34.1 Å². The van der Waals surface area contributed by atoms with Crippen LogP contribution < -0.4 is 0 Å². The fraction of sp³-hybridized carbons (Fsp3) is 0.130. The number of nitrogens with zero attached hydrogens (tertiary/aromatic N) is 2. The first-order chi connectivity index (χ1) is 13.9. The van der Waals surface area contributed by atoms with Crippen molar-refractivity contribution in [3.63, 3.8) is 0 Å². The van der Waals surface area contributed by atoms with Gasteiger partial charge in [0, 0.05) is 41.4 Å². The molecule has 0 amide bonds. The van der Waals surface area contributed by atoms with Gasteiger partial charge in [-0.15, -0.1) is 0 Å². The molecule has 0 bridgehead atoms. The van der Waals surface area contributed by atoms with Crippen molar-refractivity contribution in [2.75, 3.05) is 0 Å². The molecule has 0 aliphatic heterocycles. The third-order valence-corrected chi connectivity index (χ3v) is 5.56. The van der Waals surface area contributed by atoms with E-state index in [1.807, 2.05) is 37.3 Å². The Labute approximate surface area is 177 Å². The predicted molar refractivity (Wildman–Crippen MR) is 114 cm³/mol. The molecule has 0 radical (unpaired) electrons. The minimum Gasteiger partial charge on any atom is -0.505 e. The third kappa shape index (κ3) is 3.91. The Kier molecular flexibility index (Phi) is 5.39. The summed E-state index contributed by atoms with van der Waals surface area (Å²) in [6.07, 6.45) is 3.68. The van der Waals surface area contributed by atoms with E-state index >= 15 is 0 Å². The number of aryl methyl sites for hydroxylation is 1. The van der Waals surface area contributed by atoms with Crippen LogP contribution in [0.3, 0.4) is 0 Å². The van der Waals surface area contributed by atoms with Crippen molar-refractivity contribution in [2.45, 2.75) is 19.3 Å². The zero-order chi connectivity index (χ0) is 20.5. The summed E-state index contributed by atoms with van der Waals surface area (Å²) >= 11 is 11.9. The van der Waals surface area contributed by atoms with E-state index in [9.17, 15) is 9.50 Å². The van der Waals surface area contributed by atoms with E-state index < -0.39 is 5.82 Å². The summed E-state index contributed by atoms with van der Waals surface area (Å²) < 4.78 is 14.2. The zero-order valence-corrected chi connectivity index (χ0v) is 17.0. The number of benzene rings is 2. The molecule has 2 heterocycles. The van der Waals surface area contributed by atoms with Crippen LogP contribution in [0.5, 0.6) is 5.75 Å². The highest BCUT2D eigenvalue weighted by Gasteiger charge is 2.23. The minimum absolute atomic E-state index is 0.0534. The third-order valence-electron chi connectivity index (χ3n) is 5.05. The molecule has 0 aliphatic carbocycles. The van der Waals surface area contributed by atoms with Crippen LogP contribution in [-0.4, -0.2) is 15.1 Å². The number of halogens is 3. The molecule has 0 saturated carbocycles. The molecule has 1 unspecified atom stereocenters. The standard InChI is InChI=1S/C23H17Cl2FN2O/c1-13-9-16(24)12-28-21(13)11-18(15-5-7-19(25)20(26)10-15)17-6-4-14-3-2-8-27-22(14)23(17)29/h2-10,12,18,29H,11H2,1H3. The van der Waals surface area contributed by atoms with Crippen LogP contribution in [0.25, 0.3) is 10.9 Å². The summed E-state index contributed by atoms with van der Waals surface area (Å²) in [5, 5.41) is 12.4. The van der Waals surface area contributed by atoms with Crippen molar-refractivity contribution in [1.29, 1.82) is 0 Å². The largest absolute Gasteiger partial charge is 0.505 e. The first-order valence-electron chi connectivity index (χ1n) is 9.06. The van der Waals surface area contributed by atoms with Crippen molar-refractivity contribution in [3.8, 4) is 5.75 Å². The summed E-state index contributed by atoms with van der Waals surface area (Å²) in [6.45, 7) is 1.93. The molecule has 29 heavy (non-hydrogen) atoms. The van der Waals surface area contributed by atoms with Gasteiger partial charge in [-0.25, -0.2) is 4.39 Å². The van der Waals surface area contributed by atoms with Crippen LogP contribution in [-0.2, 0) is 6.42 Å². The lowest BCUT2D eigenvalue weighted by Gasteiger charge is -2.21. The monoisotopic (exact) mass is 426 g/mol. The molecular weight excluding hydrogens is 410 g/mol. The van der Waals surface area contributed by atoms with Gasteiger partial charge in [-0.05, 0) is 42.3 Å². The van der Waals surface area contributed by atoms with Crippen LogP contribution in [0.2, 0.25) is 10.0 Å². The van der Waals surface area contributed by atoms with E-state index in [1.54, 1.807) is 18.5 Å². The Bertz CT molecular complexity index is 1210.